The second kappa shape index (κ2) is 9.21. The summed E-state index contributed by atoms with van der Waals surface area (Å²) in [6.45, 7) is 1.41. The van der Waals surface area contributed by atoms with Crippen LogP contribution in [0.1, 0.15) is 18.1 Å². The topological polar surface area (TPSA) is 55.8 Å². The van der Waals surface area contributed by atoms with E-state index in [2.05, 4.69) is 0 Å². The van der Waals surface area contributed by atoms with Crippen LogP contribution in [-0.4, -0.2) is 24.6 Å². The summed E-state index contributed by atoms with van der Waals surface area (Å²) in [7, 11) is 1.60. The highest BCUT2D eigenvalue weighted by Crippen LogP contribution is 2.35. The van der Waals surface area contributed by atoms with Gasteiger partial charge in [-0.05, 0) is 60.0 Å². The predicted octanol–water partition coefficient (Wildman–Crippen LogP) is 5.93. The average Bonchev–Trinajstić information content (AvgIpc) is 2.70. The first-order valence-electron chi connectivity index (χ1n) is 8.94. The number of benzene rings is 3. The number of Topliss-reactive ketones (excluding diaryl/α,β-unsaturated/α-hetero) is 1. The number of hydrogen-bond acceptors (Lipinski definition) is 4. The molecule has 0 saturated carbocycles. The summed E-state index contributed by atoms with van der Waals surface area (Å²) >= 11 is 12.8. The summed E-state index contributed by atoms with van der Waals surface area (Å²) in [5.74, 6) is 1.24. The first-order valence-corrected chi connectivity index (χ1v) is 9.69. The molecule has 0 bridgehead atoms. The molecule has 0 unspecified atom stereocenters. The van der Waals surface area contributed by atoms with Crippen molar-refractivity contribution in [1.29, 1.82) is 0 Å². The zero-order valence-corrected chi connectivity index (χ0v) is 17.6. The van der Waals surface area contributed by atoms with E-state index in [0.29, 0.717) is 33.5 Å². The average molecular weight is 431 g/mol. The molecule has 0 radical (unpaired) electrons. The van der Waals surface area contributed by atoms with Gasteiger partial charge in [0.15, 0.2) is 5.78 Å². The fourth-order valence-electron chi connectivity index (χ4n) is 2.94. The SMILES string of the molecule is COc1cccc(-c2cc(Cc3c(Cl)cc(OCC(C)=O)cc3Cl)ccc2O)c1. The Kier molecular flexibility index (Phi) is 6.68. The molecule has 0 aliphatic heterocycles. The highest BCUT2D eigenvalue weighted by molar-refractivity contribution is 6.36. The molecule has 0 amide bonds. The Morgan fingerprint density at radius 1 is 1.00 bits per heavy atom. The summed E-state index contributed by atoms with van der Waals surface area (Å²) in [6, 6.07) is 16.2. The van der Waals surface area contributed by atoms with Gasteiger partial charge in [-0.3, -0.25) is 4.79 Å². The van der Waals surface area contributed by atoms with Gasteiger partial charge < -0.3 is 14.6 Å². The minimum atomic E-state index is -0.0875. The third-order valence-electron chi connectivity index (χ3n) is 4.38. The van der Waals surface area contributed by atoms with E-state index in [1.54, 1.807) is 25.3 Å². The summed E-state index contributed by atoms with van der Waals surface area (Å²) in [5.41, 5.74) is 3.21. The van der Waals surface area contributed by atoms with Crippen LogP contribution < -0.4 is 9.47 Å². The molecule has 0 atom stereocenters. The Morgan fingerprint density at radius 3 is 2.38 bits per heavy atom. The molecule has 150 valence electrons. The van der Waals surface area contributed by atoms with E-state index in [1.807, 2.05) is 36.4 Å². The van der Waals surface area contributed by atoms with Gasteiger partial charge in [-0.1, -0.05) is 41.4 Å². The fourth-order valence-corrected chi connectivity index (χ4v) is 3.54. The molecular weight excluding hydrogens is 411 g/mol. The Bertz CT molecular complexity index is 1020. The molecule has 6 heteroatoms. The Hall–Kier alpha value is -2.69. The van der Waals surface area contributed by atoms with Gasteiger partial charge in [-0.25, -0.2) is 0 Å². The predicted molar refractivity (Wildman–Crippen MR) is 116 cm³/mol. The van der Waals surface area contributed by atoms with E-state index >= 15 is 0 Å². The Labute approximate surface area is 179 Å². The molecule has 0 fully saturated rings. The lowest BCUT2D eigenvalue weighted by Gasteiger charge is -2.13. The number of aromatic hydroxyl groups is 1. The highest BCUT2D eigenvalue weighted by Gasteiger charge is 2.13. The lowest BCUT2D eigenvalue weighted by atomic mass is 9.98. The van der Waals surface area contributed by atoms with Gasteiger partial charge >= 0.3 is 0 Å². The van der Waals surface area contributed by atoms with E-state index in [0.717, 1.165) is 16.7 Å². The van der Waals surface area contributed by atoms with Gasteiger partial charge in [0, 0.05) is 22.0 Å². The van der Waals surface area contributed by atoms with E-state index in [1.165, 1.54) is 6.92 Å². The summed E-state index contributed by atoms with van der Waals surface area (Å²) < 4.78 is 10.7. The van der Waals surface area contributed by atoms with E-state index in [-0.39, 0.29) is 18.1 Å². The van der Waals surface area contributed by atoms with Crippen molar-refractivity contribution >= 4 is 29.0 Å². The first kappa shape index (κ1) is 21.0. The molecule has 0 spiro atoms. The second-order valence-electron chi connectivity index (χ2n) is 6.62. The Balaban J connectivity index is 1.90. The lowest BCUT2D eigenvalue weighted by molar-refractivity contribution is -0.118. The van der Waals surface area contributed by atoms with E-state index in [4.69, 9.17) is 32.7 Å². The molecule has 0 aromatic heterocycles. The van der Waals surface area contributed by atoms with Crippen molar-refractivity contribution in [3.05, 3.63) is 75.8 Å². The second-order valence-corrected chi connectivity index (χ2v) is 7.43. The maximum atomic E-state index is 11.1. The number of ether oxygens (including phenoxy) is 2. The van der Waals surface area contributed by atoms with Gasteiger partial charge in [0.1, 0.15) is 23.9 Å². The maximum absolute atomic E-state index is 11.1. The number of hydrogen-bond donors (Lipinski definition) is 1. The third-order valence-corrected chi connectivity index (χ3v) is 5.05. The number of phenolic OH excluding ortho intramolecular Hbond substituents is 1. The molecule has 0 aliphatic rings. The molecule has 3 aromatic rings. The zero-order valence-electron chi connectivity index (χ0n) is 16.0. The van der Waals surface area contributed by atoms with Gasteiger partial charge in [0.25, 0.3) is 0 Å². The van der Waals surface area contributed by atoms with Crippen molar-refractivity contribution < 1.29 is 19.4 Å². The molecular formula is C23H20Cl2O4. The smallest absolute Gasteiger partial charge is 0.167 e. The minimum Gasteiger partial charge on any atom is -0.507 e. The van der Waals surface area contributed by atoms with Crippen LogP contribution in [0.25, 0.3) is 11.1 Å². The quantitative estimate of drug-likeness (QED) is 0.504. The normalized spacial score (nSPS) is 10.6. The van der Waals surface area contributed by atoms with Crippen molar-refractivity contribution in [2.45, 2.75) is 13.3 Å². The van der Waals surface area contributed by atoms with E-state index in [9.17, 15) is 9.90 Å². The fraction of sp³-hybridized carbons (Fsp3) is 0.174. The number of phenols is 1. The van der Waals surface area contributed by atoms with Gasteiger partial charge in [-0.2, -0.15) is 0 Å². The summed E-state index contributed by atoms with van der Waals surface area (Å²) in [6.07, 6.45) is 0.474. The highest BCUT2D eigenvalue weighted by atomic mass is 35.5. The molecule has 29 heavy (non-hydrogen) atoms. The van der Waals surface area contributed by atoms with Crippen molar-refractivity contribution in [1.82, 2.24) is 0 Å². The zero-order chi connectivity index (χ0) is 21.0. The van der Waals surface area contributed by atoms with Crippen LogP contribution in [0.4, 0.5) is 0 Å². The number of rotatable bonds is 7. The molecule has 0 heterocycles. The molecule has 4 nitrogen and oxygen atoms in total. The third kappa shape index (κ3) is 5.22. The van der Waals surface area contributed by atoms with Crippen molar-refractivity contribution in [2.24, 2.45) is 0 Å². The number of carbonyl (C=O) groups excluding carboxylic acids is 1. The number of ketones is 1. The number of carbonyl (C=O) groups is 1. The number of halogens is 2. The van der Waals surface area contributed by atoms with Gasteiger partial charge in [-0.15, -0.1) is 0 Å². The molecule has 0 saturated heterocycles. The minimum absolute atomic E-state index is 0.0339. The van der Waals surface area contributed by atoms with Gasteiger partial charge in [0.05, 0.1) is 7.11 Å². The van der Waals surface area contributed by atoms with Gasteiger partial charge in [0.2, 0.25) is 0 Å². The Morgan fingerprint density at radius 2 is 1.72 bits per heavy atom. The van der Waals surface area contributed by atoms with Crippen LogP contribution in [0, 0.1) is 0 Å². The molecule has 0 aliphatic carbocycles. The van der Waals surface area contributed by atoms with Crippen molar-refractivity contribution in [2.75, 3.05) is 13.7 Å². The molecule has 3 rings (SSSR count). The van der Waals surface area contributed by atoms with Crippen LogP contribution >= 0.6 is 23.2 Å². The standard InChI is InChI=1S/C23H20Cl2O4/c1-14(26)13-29-18-11-21(24)20(22(25)12-18)9-15-6-7-23(27)19(8-15)16-4-3-5-17(10-16)28-2/h3-8,10-12,27H,9,13H2,1-2H3. The van der Waals surface area contributed by atoms with Crippen LogP contribution in [0.15, 0.2) is 54.6 Å². The van der Waals surface area contributed by atoms with Crippen molar-refractivity contribution in [3.63, 3.8) is 0 Å². The first-order chi connectivity index (χ1) is 13.9. The van der Waals surface area contributed by atoms with Crippen LogP contribution in [0.5, 0.6) is 17.2 Å². The molecule has 1 N–H and O–H groups in total. The van der Waals surface area contributed by atoms with Crippen molar-refractivity contribution in [3.8, 4) is 28.4 Å². The maximum Gasteiger partial charge on any atom is 0.167 e. The summed E-state index contributed by atoms with van der Waals surface area (Å²) in [4.78, 5) is 11.1. The monoisotopic (exact) mass is 430 g/mol. The van der Waals surface area contributed by atoms with Crippen LogP contribution in [-0.2, 0) is 11.2 Å². The molecule has 3 aromatic carbocycles. The van der Waals surface area contributed by atoms with E-state index < -0.39 is 0 Å². The number of methoxy groups -OCH3 is 1. The summed E-state index contributed by atoms with van der Waals surface area (Å²) in [5, 5.41) is 11.2. The van der Waals surface area contributed by atoms with Crippen LogP contribution in [0.2, 0.25) is 10.0 Å². The lowest BCUT2D eigenvalue weighted by Crippen LogP contribution is -2.06. The van der Waals surface area contributed by atoms with Crippen LogP contribution in [0.3, 0.4) is 0 Å². The largest absolute Gasteiger partial charge is 0.507 e.